The number of nitrogens with zero attached hydrogens (tertiary/aromatic N) is 2. The molecule has 4 nitrogen and oxygen atoms in total. The van der Waals surface area contributed by atoms with Crippen molar-refractivity contribution in [2.24, 2.45) is 5.92 Å². The molecule has 2 rings (SSSR count). The highest BCUT2D eigenvalue weighted by atomic mass is 16.2. The average molecular weight is 275 g/mol. The van der Waals surface area contributed by atoms with E-state index in [1.54, 1.807) is 6.07 Å². The van der Waals surface area contributed by atoms with Gasteiger partial charge in [-0.3, -0.25) is 4.79 Å². The SMILES string of the molecule is CCC1CCC(N(C)C(=O)c2cc(C)nc(N)c2)CC1. The summed E-state index contributed by atoms with van der Waals surface area (Å²) in [6, 6.07) is 3.84. The van der Waals surface area contributed by atoms with E-state index in [2.05, 4.69) is 11.9 Å². The molecule has 1 amide bonds. The van der Waals surface area contributed by atoms with Crippen LogP contribution >= 0.6 is 0 Å². The van der Waals surface area contributed by atoms with E-state index in [0.717, 1.165) is 24.5 Å². The fourth-order valence-corrected chi connectivity index (χ4v) is 3.13. The molecule has 0 radical (unpaired) electrons. The van der Waals surface area contributed by atoms with Crippen molar-refractivity contribution >= 4 is 11.7 Å². The Kier molecular flexibility index (Phi) is 4.63. The maximum Gasteiger partial charge on any atom is 0.254 e. The monoisotopic (exact) mass is 275 g/mol. The van der Waals surface area contributed by atoms with E-state index in [0.29, 0.717) is 17.4 Å². The molecule has 1 aliphatic rings. The molecular weight excluding hydrogens is 250 g/mol. The zero-order valence-electron chi connectivity index (χ0n) is 12.7. The van der Waals surface area contributed by atoms with E-state index in [1.807, 2.05) is 24.9 Å². The summed E-state index contributed by atoms with van der Waals surface area (Å²) in [4.78, 5) is 18.5. The standard InChI is InChI=1S/C16H25N3O/c1-4-12-5-7-14(8-6-12)19(3)16(20)13-9-11(2)18-15(17)10-13/h9-10,12,14H,4-8H2,1-3H3,(H2,17,18). The Bertz CT molecular complexity index is 458. The van der Waals surface area contributed by atoms with Crippen LogP contribution in [0, 0.1) is 12.8 Å². The first kappa shape index (κ1) is 14.8. The molecule has 0 aliphatic heterocycles. The van der Waals surface area contributed by atoms with Gasteiger partial charge in [0.2, 0.25) is 0 Å². The summed E-state index contributed by atoms with van der Waals surface area (Å²) < 4.78 is 0. The molecule has 4 heteroatoms. The van der Waals surface area contributed by atoms with Gasteiger partial charge in [-0.2, -0.15) is 0 Å². The van der Waals surface area contributed by atoms with Crippen molar-refractivity contribution < 1.29 is 4.79 Å². The topological polar surface area (TPSA) is 59.2 Å². The lowest BCUT2D eigenvalue weighted by Gasteiger charge is -2.34. The van der Waals surface area contributed by atoms with Crippen molar-refractivity contribution in [3.8, 4) is 0 Å². The quantitative estimate of drug-likeness (QED) is 0.922. The first-order valence-electron chi connectivity index (χ1n) is 7.52. The number of hydrogen-bond donors (Lipinski definition) is 1. The highest BCUT2D eigenvalue weighted by Gasteiger charge is 2.26. The van der Waals surface area contributed by atoms with Crippen molar-refractivity contribution in [2.75, 3.05) is 12.8 Å². The van der Waals surface area contributed by atoms with E-state index >= 15 is 0 Å². The molecule has 1 aliphatic carbocycles. The third-order valence-electron chi connectivity index (χ3n) is 4.48. The molecule has 0 bridgehead atoms. The van der Waals surface area contributed by atoms with Gasteiger partial charge in [0.05, 0.1) is 0 Å². The van der Waals surface area contributed by atoms with Gasteiger partial charge in [0.25, 0.3) is 5.91 Å². The maximum atomic E-state index is 12.5. The number of carbonyl (C=O) groups is 1. The number of amides is 1. The fourth-order valence-electron chi connectivity index (χ4n) is 3.13. The van der Waals surface area contributed by atoms with Crippen LogP contribution in [0.3, 0.4) is 0 Å². The minimum Gasteiger partial charge on any atom is -0.384 e. The Morgan fingerprint density at radius 2 is 2.00 bits per heavy atom. The predicted molar refractivity (Wildman–Crippen MR) is 81.5 cm³/mol. The van der Waals surface area contributed by atoms with Gasteiger partial charge in [0.15, 0.2) is 0 Å². The maximum absolute atomic E-state index is 12.5. The number of anilines is 1. The van der Waals surface area contributed by atoms with Crippen molar-refractivity contribution in [1.29, 1.82) is 0 Å². The molecule has 1 fully saturated rings. The predicted octanol–water partition coefficient (Wildman–Crippen LogP) is 3.01. The normalized spacial score (nSPS) is 22.6. The van der Waals surface area contributed by atoms with Gasteiger partial charge in [-0.25, -0.2) is 4.98 Å². The van der Waals surface area contributed by atoms with Crippen molar-refractivity contribution in [1.82, 2.24) is 9.88 Å². The zero-order valence-corrected chi connectivity index (χ0v) is 12.7. The van der Waals surface area contributed by atoms with Gasteiger partial charge < -0.3 is 10.6 Å². The summed E-state index contributed by atoms with van der Waals surface area (Å²) in [5.41, 5.74) is 7.17. The second kappa shape index (κ2) is 6.25. The fraction of sp³-hybridized carbons (Fsp3) is 0.625. The lowest BCUT2D eigenvalue weighted by atomic mass is 9.84. The second-order valence-electron chi connectivity index (χ2n) is 5.92. The van der Waals surface area contributed by atoms with E-state index in [-0.39, 0.29) is 5.91 Å². The lowest BCUT2D eigenvalue weighted by molar-refractivity contribution is 0.0674. The largest absolute Gasteiger partial charge is 0.384 e. The molecule has 0 saturated heterocycles. The summed E-state index contributed by atoms with van der Waals surface area (Å²) in [5, 5.41) is 0. The number of pyridine rings is 1. The summed E-state index contributed by atoms with van der Waals surface area (Å²) in [5.74, 6) is 1.31. The highest BCUT2D eigenvalue weighted by molar-refractivity contribution is 5.95. The van der Waals surface area contributed by atoms with Crippen LogP contribution in [-0.2, 0) is 0 Å². The van der Waals surface area contributed by atoms with Crippen molar-refractivity contribution in [3.63, 3.8) is 0 Å². The second-order valence-corrected chi connectivity index (χ2v) is 5.92. The van der Waals surface area contributed by atoms with Crippen molar-refractivity contribution in [2.45, 2.75) is 52.0 Å². The molecule has 0 aromatic carbocycles. The minimum absolute atomic E-state index is 0.0575. The lowest BCUT2D eigenvalue weighted by Crippen LogP contribution is -2.39. The van der Waals surface area contributed by atoms with Gasteiger partial charge in [-0.1, -0.05) is 13.3 Å². The summed E-state index contributed by atoms with van der Waals surface area (Å²) >= 11 is 0. The van der Waals surface area contributed by atoms with Gasteiger partial charge in [-0.15, -0.1) is 0 Å². The number of hydrogen-bond acceptors (Lipinski definition) is 3. The van der Waals surface area contributed by atoms with Crippen LogP contribution < -0.4 is 5.73 Å². The van der Waals surface area contributed by atoms with E-state index in [9.17, 15) is 4.79 Å². The molecule has 1 aromatic heterocycles. The molecule has 20 heavy (non-hydrogen) atoms. The Labute approximate surface area is 121 Å². The summed E-state index contributed by atoms with van der Waals surface area (Å²) in [6.07, 6.45) is 5.94. The Morgan fingerprint density at radius 3 is 2.55 bits per heavy atom. The Hall–Kier alpha value is -1.58. The van der Waals surface area contributed by atoms with Crippen molar-refractivity contribution in [3.05, 3.63) is 23.4 Å². The molecule has 0 unspecified atom stereocenters. The van der Waals surface area contributed by atoms with E-state index in [4.69, 9.17) is 5.73 Å². The Balaban J connectivity index is 2.05. The first-order valence-corrected chi connectivity index (χ1v) is 7.52. The molecule has 0 spiro atoms. The number of nitrogens with two attached hydrogens (primary N) is 1. The molecule has 1 heterocycles. The van der Waals surface area contributed by atoms with Gasteiger partial charge in [-0.05, 0) is 50.7 Å². The van der Waals surface area contributed by atoms with E-state index < -0.39 is 0 Å². The third-order valence-corrected chi connectivity index (χ3v) is 4.48. The molecule has 1 aromatic rings. The minimum atomic E-state index is 0.0575. The molecule has 1 saturated carbocycles. The first-order chi connectivity index (χ1) is 9.51. The number of rotatable bonds is 3. The molecule has 110 valence electrons. The third kappa shape index (κ3) is 3.30. The molecule has 0 atom stereocenters. The van der Waals surface area contributed by atoms with Crippen LogP contribution in [0.15, 0.2) is 12.1 Å². The van der Waals surface area contributed by atoms with Crippen LogP contribution in [0.2, 0.25) is 0 Å². The Morgan fingerprint density at radius 1 is 1.35 bits per heavy atom. The highest BCUT2D eigenvalue weighted by Crippen LogP contribution is 2.29. The van der Waals surface area contributed by atoms with Gasteiger partial charge in [0, 0.05) is 24.3 Å². The summed E-state index contributed by atoms with van der Waals surface area (Å²) in [6.45, 7) is 4.11. The summed E-state index contributed by atoms with van der Waals surface area (Å²) in [7, 11) is 1.91. The van der Waals surface area contributed by atoms with Crippen LogP contribution in [0.4, 0.5) is 5.82 Å². The van der Waals surface area contributed by atoms with Crippen LogP contribution in [-0.4, -0.2) is 28.9 Å². The molecular formula is C16H25N3O. The zero-order chi connectivity index (χ0) is 14.7. The number of nitrogen functional groups attached to an aromatic ring is 1. The van der Waals surface area contributed by atoms with Crippen LogP contribution in [0.1, 0.15) is 55.1 Å². The van der Waals surface area contributed by atoms with E-state index in [1.165, 1.54) is 19.3 Å². The van der Waals surface area contributed by atoms with Gasteiger partial charge >= 0.3 is 0 Å². The number of carbonyl (C=O) groups excluding carboxylic acids is 1. The average Bonchev–Trinajstić information content (AvgIpc) is 2.45. The van der Waals surface area contributed by atoms with Gasteiger partial charge in [0.1, 0.15) is 5.82 Å². The smallest absolute Gasteiger partial charge is 0.254 e. The number of aryl methyl sites for hydroxylation is 1. The van der Waals surface area contributed by atoms with Crippen LogP contribution in [0.5, 0.6) is 0 Å². The number of aromatic nitrogens is 1. The van der Waals surface area contributed by atoms with Crippen LogP contribution in [0.25, 0.3) is 0 Å². The molecule has 2 N–H and O–H groups in total.